The highest BCUT2D eigenvalue weighted by Gasteiger charge is 2.12. The fourth-order valence-electron chi connectivity index (χ4n) is 1.47. The van der Waals surface area contributed by atoms with Gasteiger partial charge in [0.1, 0.15) is 5.75 Å². The molecule has 0 aliphatic carbocycles. The average Bonchev–Trinajstić information content (AvgIpc) is 2.52. The SMILES string of the molecule is CCOC(=O)/C=C/C(=O)OCC(=O)Nc1ccccc1OC(F)F. The zero-order valence-corrected chi connectivity index (χ0v) is 12.7. The van der Waals surface area contributed by atoms with E-state index in [-0.39, 0.29) is 18.0 Å². The average molecular weight is 343 g/mol. The van der Waals surface area contributed by atoms with Crippen LogP contribution in [0.5, 0.6) is 5.75 Å². The summed E-state index contributed by atoms with van der Waals surface area (Å²) in [7, 11) is 0. The van der Waals surface area contributed by atoms with Crippen LogP contribution < -0.4 is 10.1 Å². The van der Waals surface area contributed by atoms with Gasteiger partial charge in [0, 0.05) is 12.2 Å². The predicted octanol–water partition coefficient (Wildman–Crippen LogP) is 1.89. The highest BCUT2D eigenvalue weighted by molar-refractivity contribution is 5.96. The molecule has 0 spiro atoms. The van der Waals surface area contributed by atoms with Gasteiger partial charge in [-0.1, -0.05) is 12.1 Å². The molecule has 0 aromatic heterocycles. The summed E-state index contributed by atoms with van der Waals surface area (Å²) >= 11 is 0. The van der Waals surface area contributed by atoms with Gasteiger partial charge in [0.25, 0.3) is 5.91 Å². The molecule has 0 radical (unpaired) electrons. The van der Waals surface area contributed by atoms with E-state index in [4.69, 9.17) is 0 Å². The Morgan fingerprint density at radius 3 is 2.38 bits per heavy atom. The molecule has 9 heteroatoms. The lowest BCUT2D eigenvalue weighted by Crippen LogP contribution is -2.21. The number of rotatable bonds is 8. The van der Waals surface area contributed by atoms with E-state index in [1.807, 2.05) is 0 Å². The van der Waals surface area contributed by atoms with Crippen LogP contribution in [0.25, 0.3) is 0 Å². The van der Waals surface area contributed by atoms with Gasteiger partial charge >= 0.3 is 18.6 Å². The summed E-state index contributed by atoms with van der Waals surface area (Å²) in [6.45, 7) is -1.96. The summed E-state index contributed by atoms with van der Waals surface area (Å²) in [5.74, 6) is -2.65. The summed E-state index contributed by atoms with van der Waals surface area (Å²) in [4.78, 5) is 33.9. The van der Waals surface area contributed by atoms with Crippen LogP contribution in [-0.2, 0) is 23.9 Å². The quantitative estimate of drug-likeness (QED) is 0.572. The number of carbonyl (C=O) groups excluding carboxylic acids is 3. The Morgan fingerprint density at radius 2 is 1.75 bits per heavy atom. The molecule has 0 saturated heterocycles. The smallest absolute Gasteiger partial charge is 0.387 e. The minimum Gasteiger partial charge on any atom is -0.463 e. The minimum absolute atomic E-state index is 0.000847. The van der Waals surface area contributed by atoms with Gasteiger partial charge in [-0.3, -0.25) is 4.79 Å². The monoisotopic (exact) mass is 343 g/mol. The first kappa shape index (κ1) is 19.1. The van der Waals surface area contributed by atoms with Crippen molar-refractivity contribution in [2.24, 2.45) is 0 Å². The van der Waals surface area contributed by atoms with Gasteiger partial charge in [-0.25, -0.2) is 9.59 Å². The Labute approximate surface area is 136 Å². The molecule has 0 fully saturated rings. The van der Waals surface area contributed by atoms with Crippen LogP contribution in [0.15, 0.2) is 36.4 Å². The van der Waals surface area contributed by atoms with Crippen LogP contribution in [0.1, 0.15) is 6.92 Å². The van der Waals surface area contributed by atoms with E-state index in [0.717, 1.165) is 12.2 Å². The van der Waals surface area contributed by atoms with E-state index in [1.54, 1.807) is 6.92 Å². The molecule has 130 valence electrons. The molecule has 1 rings (SSSR count). The largest absolute Gasteiger partial charge is 0.463 e. The van der Waals surface area contributed by atoms with Gasteiger partial charge in [-0.05, 0) is 19.1 Å². The van der Waals surface area contributed by atoms with Gasteiger partial charge in [-0.2, -0.15) is 8.78 Å². The van der Waals surface area contributed by atoms with Crippen LogP contribution >= 0.6 is 0 Å². The predicted molar refractivity (Wildman–Crippen MR) is 78.4 cm³/mol. The van der Waals surface area contributed by atoms with Crippen LogP contribution in [-0.4, -0.2) is 37.7 Å². The van der Waals surface area contributed by atoms with Crippen LogP contribution in [0.3, 0.4) is 0 Å². The Hall–Kier alpha value is -2.97. The van der Waals surface area contributed by atoms with E-state index >= 15 is 0 Å². The number of anilines is 1. The second-order valence-corrected chi connectivity index (χ2v) is 4.12. The molecule has 1 N–H and O–H groups in total. The molecular formula is C15H15F2NO6. The van der Waals surface area contributed by atoms with Crippen molar-refractivity contribution in [2.45, 2.75) is 13.5 Å². The van der Waals surface area contributed by atoms with Crippen molar-refractivity contribution in [1.82, 2.24) is 0 Å². The zero-order valence-electron chi connectivity index (χ0n) is 12.7. The number of esters is 2. The van der Waals surface area contributed by atoms with Crippen molar-refractivity contribution in [1.29, 1.82) is 0 Å². The van der Waals surface area contributed by atoms with Gasteiger partial charge in [0.15, 0.2) is 6.61 Å². The second kappa shape index (κ2) is 9.93. The van der Waals surface area contributed by atoms with E-state index in [0.29, 0.717) is 0 Å². The molecule has 0 bridgehead atoms. The van der Waals surface area contributed by atoms with Crippen molar-refractivity contribution in [3.8, 4) is 5.75 Å². The number of hydrogen-bond acceptors (Lipinski definition) is 6. The molecule has 0 aliphatic heterocycles. The summed E-state index contributed by atoms with van der Waals surface area (Å²) in [6.07, 6.45) is 1.66. The molecule has 24 heavy (non-hydrogen) atoms. The molecule has 1 aromatic carbocycles. The van der Waals surface area contributed by atoms with Crippen molar-refractivity contribution in [3.05, 3.63) is 36.4 Å². The number of halogens is 2. The molecule has 1 aromatic rings. The summed E-state index contributed by atoms with van der Waals surface area (Å²) in [5.41, 5.74) is 0.000847. The summed E-state index contributed by atoms with van der Waals surface area (Å²) in [5, 5.41) is 2.27. The van der Waals surface area contributed by atoms with Gasteiger partial charge < -0.3 is 19.5 Å². The maximum atomic E-state index is 12.2. The normalized spacial score (nSPS) is 10.5. The molecular weight excluding hydrogens is 328 g/mol. The van der Waals surface area contributed by atoms with Gasteiger partial charge in [0.2, 0.25) is 0 Å². The fraction of sp³-hybridized carbons (Fsp3) is 0.267. The lowest BCUT2D eigenvalue weighted by molar-refractivity contribution is -0.143. The maximum Gasteiger partial charge on any atom is 0.387 e. The highest BCUT2D eigenvalue weighted by atomic mass is 19.3. The summed E-state index contributed by atoms with van der Waals surface area (Å²) < 4.78 is 37.9. The standard InChI is InChI=1S/C15H15F2NO6/c1-2-22-13(20)7-8-14(21)23-9-12(19)18-10-5-3-4-6-11(10)24-15(16)17/h3-8,15H,2,9H2,1H3,(H,18,19)/b8-7+. The van der Waals surface area contributed by atoms with Crippen LogP contribution in [0.2, 0.25) is 0 Å². The van der Waals surface area contributed by atoms with Crippen LogP contribution in [0, 0.1) is 0 Å². The van der Waals surface area contributed by atoms with Gasteiger partial charge in [-0.15, -0.1) is 0 Å². The van der Waals surface area contributed by atoms with Crippen molar-refractivity contribution < 1.29 is 37.4 Å². The topological polar surface area (TPSA) is 90.9 Å². The number of amides is 1. The highest BCUT2D eigenvalue weighted by Crippen LogP contribution is 2.25. The Bertz CT molecular complexity index is 618. The molecule has 0 saturated carbocycles. The molecule has 0 heterocycles. The third-order valence-corrected chi connectivity index (χ3v) is 2.36. The summed E-state index contributed by atoms with van der Waals surface area (Å²) in [6, 6.07) is 5.55. The molecule has 0 atom stereocenters. The Kier molecular flexibility index (Phi) is 7.89. The minimum atomic E-state index is -3.05. The van der Waals surface area contributed by atoms with E-state index < -0.39 is 31.1 Å². The number of para-hydroxylation sites is 2. The maximum absolute atomic E-state index is 12.2. The van der Waals surface area contributed by atoms with Crippen LogP contribution in [0.4, 0.5) is 14.5 Å². The van der Waals surface area contributed by atoms with E-state index in [9.17, 15) is 23.2 Å². The Balaban J connectivity index is 2.50. The van der Waals surface area contributed by atoms with E-state index in [1.165, 1.54) is 24.3 Å². The number of nitrogens with one attached hydrogen (secondary N) is 1. The second-order valence-electron chi connectivity index (χ2n) is 4.12. The first-order chi connectivity index (χ1) is 11.4. The molecule has 7 nitrogen and oxygen atoms in total. The number of ether oxygens (including phenoxy) is 3. The van der Waals surface area contributed by atoms with Gasteiger partial charge in [0.05, 0.1) is 12.3 Å². The molecule has 0 unspecified atom stereocenters. The number of hydrogen-bond donors (Lipinski definition) is 1. The lowest BCUT2D eigenvalue weighted by Gasteiger charge is -2.11. The number of benzene rings is 1. The molecule has 0 aliphatic rings. The lowest BCUT2D eigenvalue weighted by atomic mass is 10.3. The number of alkyl halides is 2. The van der Waals surface area contributed by atoms with E-state index in [2.05, 4.69) is 19.5 Å². The van der Waals surface area contributed by atoms with Crippen molar-refractivity contribution in [2.75, 3.05) is 18.5 Å². The van der Waals surface area contributed by atoms with Crippen molar-refractivity contribution in [3.63, 3.8) is 0 Å². The fourth-order valence-corrected chi connectivity index (χ4v) is 1.47. The first-order valence-corrected chi connectivity index (χ1v) is 6.77. The third kappa shape index (κ3) is 7.34. The van der Waals surface area contributed by atoms with Crippen molar-refractivity contribution >= 4 is 23.5 Å². The Morgan fingerprint density at radius 1 is 1.12 bits per heavy atom. The zero-order chi connectivity index (χ0) is 17.9. The molecule has 1 amide bonds. The number of carbonyl (C=O) groups is 3. The third-order valence-electron chi connectivity index (χ3n) is 2.36. The first-order valence-electron chi connectivity index (χ1n) is 6.77.